The minimum Gasteiger partial charge on any atom is -0.484 e. The predicted octanol–water partition coefficient (Wildman–Crippen LogP) is 4.63. The summed E-state index contributed by atoms with van der Waals surface area (Å²) in [4.78, 5) is 25.2. The molecule has 2 N–H and O–H groups in total. The Morgan fingerprint density at radius 1 is 1.06 bits per heavy atom. The highest BCUT2D eigenvalue weighted by Crippen LogP contribution is 2.50. The molecule has 1 atom stereocenters. The van der Waals surface area contributed by atoms with Crippen molar-refractivity contribution in [2.75, 3.05) is 6.61 Å². The van der Waals surface area contributed by atoms with Gasteiger partial charge in [0.05, 0.1) is 10.6 Å². The fraction of sp³-hybridized carbons (Fsp3) is 0.417. The van der Waals surface area contributed by atoms with Crippen LogP contribution in [0.4, 0.5) is 8.78 Å². The average Bonchev–Trinajstić information content (AvgIpc) is 2.76. The Kier molecular flexibility index (Phi) is 6.12. The number of benzene rings is 2. The van der Waals surface area contributed by atoms with E-state index in [1.807, 2.05) is 6.92 Å². The molecule has 2 aromatic carbocycles. The van der Waals surface area contributed by atoms with Gasteiger partial charge in [-0.2, -0.15) is 0 Å². The van der Waals surface area contributed by atoms with E-state index < -0.39 is 23.1 Å². The molecule has 0 heterocycles. The first-order valence-corrected chi connectivity index (χ1v) is 11.1. The molecule has 0 unspecified atom stereocenters. The molecule has 0 saturated heterocycles. The van der Waals surface area contributed by atoms with Crippen molar-refractivity contribution < 1.29 is 23.1 Å². The fourth-order valence-electron chi connectivity index (χ4n) is 5.06. The molecule has 32 heavy (non-hydrogen) atoms. The lowest BCUT2D eigenvalue weighted by atomic mass is 9.56. The summed E-state index contributed by atoms with van der Waals surface area (Å²) in [6, 6.07) is 9.98. The van der Waals surface area contributed by atoms with Crippen LogP contribution in [0.2, 0.25) is 5.02 Å². The highest BCUT2D eigenvalue weighted by atomic mass is 35.5. The Balaban J connectivity index is 1.35. The van der Waals surface area contributed by atoms with Crippen molar-refractivity contribution in [3.05, 3.63) is 64.7 Å². The zero-order valence-electron chi connectivity index (χ0n) is 17.7. The molecule has 3 aliphatic carbocycles. The predicted molar refractivity (Wildman–Crippen MR) is 117 cm³/mol. The van der Waals surface area contributed by atoms with Crippen LogP contribution < -0.4 is 15.4 Å². The second kappa shape index (κ2) is 8.70. The summed E-state index contributed by atoms with van der Waals surface area (Å²) < 4.78 is 33.0. The molecule has 2 bridgehead atoms. The van der Waals surface area contributed by atoms with Crippen LogP contribution in [-0.4, -0.2) is 29.5 Å². The van der Waals surface area contributed by atoms with Crippen LogP contribution in [0.1, 0.15) is 49.4 Å². The Morgan fingerprint density at radius 3 is 2.44 bits per heavy atom. The minimum absolute atomic E-state index is 0.00957. The number of fused-ring (bicyclic) bond motifs is 3. The Hall–Kier alpha value is -2.67. The van der Waals surface area contributed by atoms with E-state index in [-0.39, 0.29) is 40.3 Å². The van der Waals surface area contributed by atoms with Gasteiger partial charge in [-0.3, -0.25) is 9.59 Å². The van der Waals surface area contributed by atoms with E-state index in [1.54, 1.807) is 12.1 Å². The van der Waals surface area contributed by atoms with E-state index in [4.69, 9.17) is 16.3 Å². The summed E-state index contributed by atoms with van der Waals surface area (Å²) in [6.07, 6.45) is 3.49. The highest BCUT2D eigenvalue weighted by Gasteiger charge is 2.54. The molecule has 0 aliphatic heterocycles. The van der Waals surface area contributed by atoms with Gasteiger partial charge in [-0.05, 0) is 62.3 Å². The number of nitrogens with one attached hydrogen (secondary N) is 2. The second-order valence-corrected chi connectivity index (χ2v) is 9.30. The first kappa shape index (κ1) is 22.5. The highest BCUT2D eigenvalue weighted by molar-refractivity contribution is 6.30. The lowest BCUT2D eigenvalue weighted by molar-refractivity contribution is -0.127. The normalized spacial score (nSPS) is 26.4. The summed E-state index contributed by atoms with van der Waals surface area (Å²) >= 11 is 5.66. The van der Waals surface area contributed by atoms with Gasteiger partial charge in [0.1, 0.15) is 17.4 Å². The molecule has 0 aromatic heterocycles. The molecule has 5 nitrogen and oxygen atoms in total. The summed E-state index contributed by atoms with van der Waals surface area (Å²) in [5.74, 6) is -1.50. The molecule has 3 aliphatic rings. The summed E-state index contributed by atoms with van der Waals surface area (Å²) in [6.45, 7) is 1.82. The van der Waals surface area contributed by atoms with E-state index in [2.05, 4.69) is 10.6 Å². The number of carbonyl (C=O) groups excluding carboxylic acids is 2. The number of carbonyl (C=O) groups is 2. The molecule has 3 saturated carbocycles. The van der Waals surface area contributed by atoms with Crippen molar-refractivity contribution in [1.29, 1.82) is 0 Å². The van der Waals surface area contributed by atoms with Gasteiger partial charge in [0, 0.05) is 17.1 Å². The van der Waals surface area contributed by atoms with Gasteiger partial charge in [-0.1, -0.05) is 30.7 Å². The summed E-state index contributed by atoms with van der Waals surface area (Å²) in [5.41, 5.74) is -0.737. The molecule has 2 aromatic rings. The summed E-state index contributed by atoms with van der Waals surface area (Å²) in [5, 5.41) is 6.18. The van der Waals surface area contributed by atoms with Crippen molar-refractivity contribution in [2.45, 2.75) is 50.1 Å². The number of rotatable bonds is 6. The van der Waals surface area contributed by atoms with Crippen LogP contribution in [0.15, 0.2) is 42.5 Å². The molecule has 0 radical (unpaired) electrons. The number of hydrogen-bond donors (Lipinski definition) is 2. The fourth-order valence-corrected chi connectivity index (χ4v) is 5.18. The van der Waals surface area contributed by atoms with E-state index >= 15 is 0 Å². The van der Waals surface area contributed by atoms with Gasteiger partial charge in [-0.25, -0.2) is 8.78 Å². The van der Waals surface area contributed by atoms with Crippen molar-refractivity contribution in [3.8, 4) is 5.75 Å². The molecule has 8 heteroatoms. The Bertz CT molecular complexity index is 1040. The van der Waals surface area contributed by atoms with Gasteiger partial charge >= 0.3 is 0 Å². The maximum absolute atomic E-state index is 14.0. The maximum atomic E-state index is 14.0. The van der Waals surface area contributed by atoms with Crippen LogP contribution >= 0.6 is 11.6 Å². The molecular weight excluding hydrogens is 438 g/mol. The third-order valence-corrected chi connectivity index (χ3v) is 7.19. The van der Waals surface area contributed by atoms with Crippen molar-refractivity contribution >= 4 is 23.4 Å². The molecule has 0 spiro atoms. The van der Waals surface area contributed by atoms with E-state index in [9.17, 15) is 18.4 Å². The van der Waals surface area contributed by atoms with Gasteiger partial charge in [0.2, 0.25) is 0 Å². The topological polar surface area (TPSA) is 67.4 Å². The van der Waals surface area contributed by atoms with Crippen LogP contribution in [0, 0.1) is 17.6 Å². The van der Waals surface area contributed by atoms with E-state index in [0.717, 1.165) is 6.07 Å². The SMILES string of the molecule is C[C@H]1CC2(NC(=O)COc3ccc(Cl)c(F)c3)CCC1(NC(=O)c1ccccc1F)CC2. The van der Waals surface area contributed by atoms with Gasteiger partial charge < -0.3 is 15.4 Å². The first-order chi connectivity index (χ1) is 15.2. The lowest BCUT2D eigenvalue weighted by Crippen LogP contribution is -2.67. The third kappa shape index (κ3) is 4.44. The Labute approximate surface area is 190 Å². The lowest BCUT2D eigenvalue weighted by Gasteiger charge is -2.57. The zero-order chi connectivity index (χ0) is 22.9. The van der Waals surface area contributed by atoms with Crippen molar-refractivity contribution in [3.63, 3.8) is 0 Å². The molecular formula is C24H25ClF2N2O3. The quantitative estimate of drug-likeness (QED) is 0.657. The van der Waals surface area contributed by atoms with Crippen LogP contribution in [0.5, 0.6) is 5.75 Å². The Morgan fingerprint density at radius 2 is 1.78 bits per heavy atom. The second-order valence-electron chi connectivity index (χ2n) is 8.89. The number of ether oxygens (including phenoxy) is 1. The number of amides is 2. The molecule has 170 valence electrons. The minimum atomic E-state index is -0.606. The zero-order valence-corrected chi connectivity index (χ0v) is 18.5. The largest absolute Gasteiger partial charge is 0.484 e. The maximum Gasteiger partial charge on any atom is 0.258 e. The average molecular weight is 463 g/mol. The van der Waals surface area contributed by atoms with Gasteiger partial charge in [0.25, 0.3) is 11.8 Å². The van der Waals surface area contributed by atoms with E-state index in [1.165, 1.54) is 24.3 Å². The standard InChI is InChI=1S/C24H25ClF2N2O3/c1-15-13-23(28-21(30)14-32-16-6-7-18(25)20(27)12-16)8-10-24(15,11-9-23)29-22(31)17-4-2-3-5-19(17)26/h2-7,12,15H,8-11,13-14H2,1H3,(H,28,30)(H,29,31)/t15-,23?,24?/m0/s1. The van der Waals surface area contributed by atoms with Gasteiger partial charge in [0.15, 0.2) is 6.61 Å². The summed E-state index contributed by atoms with van der Waals surface area (Å²) in [7, 11) is 0. The molecule has 2 amide bonds. The van der Waals surface area contributed by atoms with E-state index in [0.29, 0.717) is 32.1 Å². The number of hydrogen-bond acceptors (Lipinski definition) is 3. The smallest absolute Gasteiger partial charge is 0.258 e. The monoisotopic (exact) mass is 462 g/mol. The molecule has 3 fully saturated rings. The molecule has 5 rings (SSSR count). The first-order valence-electron chi connectivity index (χ1n) is 10.7. The van der Waals surface area contributed by atoms with Gasteiger partial charge in [-0.15, -0.1) is 0 Å². The van der Waals surface area contributed by atoms with Crippen LogP contribution in [0.25, 0.3) is 0 Å². The van der Waals surface area contributed by atoms with Crippen LogP contribution in [0.3, 0.4) is 0 Å². The van der Waals surface area contributed by atoms with Crippen molar-refractivity contribution in [2.24, 2.45) is 5.92 Å². The van der Waals surface area contributed by atoms with Crippen LogP contribution in [-0.2, 0) is 4.79 Å². The van der Waals surface area contributed by atoms with Crippen molar-refractivity contribution in [1.82, 2.24) is 10.6 Å². The number of halogens is 3. The third-order valence-electron chi connectivity index (χ3n) is 6.89.